The number of aromatic nitrogens is 1. The molecule has 4 heteroatoms. The van der Waals surface area contributed by atoms with E-state index in [0.717, 1.165) is 36.0 Å². The lowest BCUT2D eigenvalue weighted by atomic mass is 10.3. The summed E-state index contributed by atoms with van der Waals surface area (Å²) >= 11 is 1.80. The van der Waals surface area contributed by atoms with Crippen molar-refractivity contribution in [2.75, 3.05) is 13.2 Å². The van der Waals surface area contributed by atoms with Crippen molar-refractivity contribution >= 4 is 11.3 Å². The average Bonchev–Trinajstić information content (AvgIpc) is 2.85. The second-order valence-corrected chi connectivity index (χ2v) is 6.23. The number of para-hydroxylation sites is 1. The number of benzene rings is 1. The molecule has 0 radical (unpaired) electrons. The van der Waals surface area contributed by atoms with Crippen molar-refractivity contribution in [2.24, 2.45) is 0 Å². The number of hydrogen-bond acceptors (Lipinski definition) is 4. The second kappa shape index (κ2) is 8.80. The summed E-state index contributed by atoms with van der Waals surface area (Å²) in [6.07, 6.45) is 3.34. The van der Waals surface area contributed by atoms with Gasteiger partial charge in [-0.25, -0.2) is 4.98 Å². The van der Waals surface area contributed by atoms with Crippen molar-refractivity contribution in [3.05, 3.63) is 45.9 Å². The van der Waals surface area contributed by atoms with Crippen LogP contribution in [0.3, 0.4) is 0 Å². The first-order chi connectivity index (χ1) is 10.3. The lowest BCUT2D eigenvalue weighted by molar-refractivity contribution is 0.321. The topological polar surface area (TPSA) is 34.1 Å². The van der Waals surface area contributed by atoms with E-state index in [4.69, 9.17) is 4.74 Å². The first-order valence-corrected chi connectivity index (χ1v) is 8.45. The molecular weight excluding hydrogens is 280 g/mol. The Hall–Kier alpha value is -1.39. The molecule has 0 bridgehead atoms. The van der Waals surface area contributed by atoms with Crippen LogP contribution in [0.2, 0.25) is 0 Å². The molecule has 0 amide bonds. The van der Waals surface area contributed by atoms with Crippen LogP contribution in [0.4, 0.5) is 0 Å². The molecule has 1 aromatic heterocycles. The van der Waals surface area contributed by atoms with E-state index >= 15 is 0 Å². The predicted molar refractivity (Wildman–Crippen MR) is 89.1 cm³/mol. The number of ether oxygens (including phenoxy) is 1. The summed E-state index contributed by atoms with van der Waals surface area (Å²) in [4.78, 5) is 5.99. The molecular formula is C17H24N2OS. The van der Waals surface area contributed by atoms with Crippen LogP contribution in [0.1, 0.15) is 35.3 Å². The van der Waals surface area contributed by atoms with Crippen LogP contribution in [0.15, 0.2) is 30.3 Å². The Balaban J connectivity index is 1.76. The van der Waals surface area contributed by atoms with Crippen LogP contribution in [0.25, 0.3) is 0 Å². The second-order valence-electron chi connectivity index (χ2n) is 5.06. The molecule has 0 atom stereocenters. The van der Waals surface area contributed by atoms with Gasteiger partial charge in [0.25, 0.3) is 0 Å². The quantitative estimate of drug-likeness (QED) is 0.712. The minimum Gasteiger partial charge on any atom is -0.493 e. The highest BCUT2D eigenvalue weighted by atomic mass is 32.1. The van der Waals surface area contributed by atoms with Crippen LogP contribution in [-0.4, -0.2) is 18.1 Å². The van der Waals surface area contributed by atoms with Crippen molar-refractivity contribution in [1.82, 2.24) is 10.3 Å². The third kappa shape index (κ3) is 5.48. The Morgan fingerprint density at radius 3 is 2.81 bits per heavy atom. The molecule has 0 saturated heterocycles. The van der Waals surface area contributed by atoms with Gasteiger partial charge in [0, 0.05) is 17.8 Å². The van der Waals surface area contributed by atoms with Gasteiger partial charge in [0.15, 0.2) is 0 Å². The van der Waals surface area contributed by atoms with Gasteiger partial charge in [-0.2, -0.15) is 0 Å². The smallest absolute Gasteiger partial charge is 0.119 e. The molecule has 114 valence electrons. The number of nitrogens with zero attached hydrogens (tertiary/aromatic N) is 1. The molecule has 0 aliphatic heterocycles. The summed E-state index contributed by atoms with van der Waals surface area (Å²) in [7, 11) is 0. The molecule has 0 aliphatic carbocycles. The zero-order valence-corrected chi connectivity index (χ0v) is 13.7. The van der Waals surface area contributed by atoms with Crippen molar-refractivity contribution in [3.63, 3.8) is 0 Å². The fourth-order valence-electron chi connectivity index (χ4n) is 2.04. The maximum atomic E-state index is 5.72. The summed E-state index contributed by atoms with van der Waals surface area (Å²) in [5.41, 5.74) is 1.15. The molecule has 2 aromatic rings. The fraction of sp³-hybridized carbons (Fsp3) is 0.471. The third-order valence-electron chi connectivity index (χ3n) is 3.26. The largest absolute Gasteiger partial charge is 0.493 e. The van der Waals surface area contributed by atoms with Crippen LogP contribution < -0.4 is 10.1 Å². The van der Waals surface area contributed by atoms with Crippen LogP contribution >= 0.6 is 11.3 Å². The highest BCUT2D eigenvalue weighted by Crippen LogP contribution is 2.19. The Morgan fingerprint density at radius 1 is 1.24 bits per heavy atom. The van der Waals surface area contributed by atoms with E-state index in [1.807, 2.05) is 30.3 Å². The standard InChI is InChI=1S/C17H24N2OS/c1-3-4-11-18-13-16-14(2)19-17(21-16)10-12-20-15-8-6-5-7-9-15/h5-9,18H,3-4,10-13H2,1-2H3. The van der Waals surface area contributed by atoms with E-state index in [9.17, 15) is 0 Å². The van der Waals surface area contributed by atoms with Crippen molar-refractivity contribution in [1.29, 1.82) is 0 Å². The van der Waals surface area contributed by atoms with Gasteiger partial charge in [-0.15, -0.1) is 11.3 Å². The van der Waals surface area contributed by atoms with Gasteiger partial charge in [-0.1, -0.05) is 31.5 Å². The maximum Gasteiger partial charge on any atom is 0.119 e. The number of rotatable bonds is 9. The molecule has 0 aliphatic rings. The normalized spacial score (nSPS) is 10.8. The SMILES string of the molecule is CCCCNCc1sc(CCOc2ccccc2)nc1C. The summed E-state index contributed by atoms with van der Waals surface area (Å²) in [6, 6.07) is 9.94. The molecule has 1 N–H and O–H groups in total. The van der Waals surface area contributed by atoms with Crippen LogP contribution in [0, 0.1) is 6.92 Å². The Labute approximate surface area is 131 Å². The summed E-state index contributed by atoms with van der Waals surface area (Å²) < 4.78 is 5.72. The summed E-state index contributed by atoms with van der Waals surface area (Å²) in [6.45, 7) is 7.00. The Morgan fingerprint density at radius 2 is 2.05 bits per heavy atom. The van der Waals surface area contributed by atoms with Crippen LogP contribution in [0.5, 0.6) is 5.75 Å². The molecule has 0 saturated carbocycles. The van der Waals surface area contributed by atoms with Crippen molar-refractivity contribution in [3.8, 4) is 5.75 Å². The third-order valence-corrected chi connectivity index (χ3v) is 4.47. The van der Waals surface area contributed by atoms with Gasteiger partial charge in [-0.3, -0.25) is 0 Å². The molecule has 3 nitrogen and oxygen atoms in total. The molecule has 1 heterocycles. The lowest BCUT2D eigenvalue weighted by Gasteiger charge is -2.03. The van der Waals surface area contributed by atoms with Gasteiger partial charge in [-0.05, 0) is 32.0 Å². The van der Waals surface area contributed by atoms with Crippen LogP contribution in [-0.2, 0) is 13.0 Å². The summed E-state index contributed by atoms with van der Waals surface area (Å²) in [5, 5.41) is 4.64. The van der Waals surface area contributed by atoms with Gasteiger partial charge in [0.2, 0.25) is 0 Å². The van der Waals surface area contributed by atoms with Crippen molar-refractivity contribution in [2.45, 2.75) is 39.7 Å². The van der Waals surface area contributed by atoms with Gasteiger partial charge >= 0.3 is 0 Å². The first-order valence-electron chi connectivity index (χ1n) is 7.63. The van der Waals surface area contributed by atoms with E-state index in [0.29, 0.717) is 6.61 Å². The van der Waals surface area contributed by atoms with E-state index < -0.39 is 0 Å². The monoisotopic (exact) mass is 304 g/mol. The van der Waals surface area contributed by atoms with E-state index in [-0.39, 0.29) is 0 Å². The molecule has 21 heavy (non-hydrogen) atoms. The number of hydrogen-bond donors (Lipinski definition) is 1. The molecule has 0 fully saturated rings. The minimum absolute atomic E-state index is 0.680. The van der Waals surface area contributed by atoms with Gasteiger partial charge < -0.3 is 10.1 Å². The zero-order chi connectivity index (χ0) is 14.9. The van der Waals surface area contributed by atoms with Gasteiger partial charge in [0.1, 0.15) is 5.75 Å². The number of thiazole rings is 1. The number of unbranched alkanes of at least 4 members (excludes halogenated alkanes) is 1. The van der Waals surface area contributed by atoms with Gasteiger partial charge in [0.05, 0.1) is 17.3 Å². The molecule has 0 spiro atoms. The van der Waals surface area contributed by atoms with E-state index in [2.05, 4.69) is 24.1 Å². The average molecular weight is 304 g/mol. The maximum absolute atomic E-state index is 5.72. The highest BCUT2D eigenvalue weighted by Gasteiger charge is 2.07. The predicted octanol–water partition coefficient (Wildman–Crippen LogP) is 3.96. The molecule has 1 aromatic carbocycles. The minimum atomic E-state index is 0.680. The Kier molecular flexibility index (Phi) is 6.70. The lowest BCUT2D eigenvalue weighted by Crippen LogP contribution is -2.14. The van der Waals surface area contributed by atoms with Crippen molar-refractivity contribution < 1.29 is 4.74 Å². The molecule has 0 unspecified atom stereocenters. The highest BCUT2D eigenvalue weighted by molar-refractivity contribution is 7.11. The number of nitrogens with one attached hydrogen (secondary N) is 1. The Bertz CT molecular complexity index is 525. The molecule has 2 rings (SSSR count). The summed E-state index contributed by atoms with van der Waals surface area (Å²) in [5.74, 6) is 0.923. The zero-order valence-electron chi connectivity index (χ0n) is 12.9. The van der Waals surface area contributed by atoms with E-state index in [1.54, 1.807) is 11.3 Å². The fourth-order valence-corrected chi connectivity index (χ4v) is 3.06. The first kappa shape index (κ1) is 16.0. The number of aryl methyl sites for hydroxylation is 1. The van der Waals surface area contributed by atoms with E-state index in [1.165, 1.54) is 17.7 Å².